The SMILES string of the molecule is CC(C)N(CCC(=O)O)C(=O)c1cnccc1Cl. The molecule has 0 radical (unpaired) electrons. The molecule has 0 aliphatic rings. The lowest BCUT2D eigenvalue weighted by molar-refractivity contribution is -0.137. The first-order valence-electron chi connectivity index (χ1n) is 5.55. The van der Waals surface area contributed by atoms with E-state index in [-0.39, 0.29) is 24.9 Å². The fourth-order valence-electron chi connectivity index (χ4n) is 1.50. The van der Waals surface area contributed by atoms with E-state index in [4.69, 9.17) is 16.7 Å². The lowest BCUT2D eigenvalue weighted by Gasteiger charge is -2.26. The molecule has 1 heterocycles. The van der Waals surface area contributed by atoms with Crippen LogP contribution in [0.3, 0.4) is 0 Å². The predicted molar refractivity (Wildman–Crippen MR) is 67.7 cm³/mol. The number of halogens is 1. The molecule has 1 N–H and O–H groups in total. The Labute approximate surface area is 110 Å². The third kappa shape index (κ3) is 3.70. The smallest absolute Gasteiger partial charge is 0.305 e. The Kier molecular flexibility index (Phi) is 5.09. The Bertz CT molecular complexity index is 449. The first kappa shape index (κ1) is 14.4. The van der Waals surface area contributed by atoms with Crippen LogP contribution in [0.1, 0.15) is 30.6 Å². The van der Waals surface area contributed by atoms with Gasteiger partial charge in [0.2, 0.25) is 0 Å². The molecule has 0 atom stereocenters. The predicted octanol–water partition coefficient (Wildman–Crippen LogP) is 2.06. The highest BCUT2D eigenvalue weighted by Gasteiger charge is 2.21. The summed E-state index contributed by atoms with van der Waals surface area (Å²) in [4.78, 5) is 28.1. The maximum absolute atomic E-state index is 12.2. The van der Waals surface area contributed by atoms with E-state index in [0.29, 0.717) is 10.6 Å². The number of amides is 1. The highest BCUT2D eigenvalue weighted by molar-refractivity contribution is 6.33. The van der Waals surface area contributed by atoms with Crippen molar-refractivity contribution in [2.45, 2.75) is 26.3 Å². The summed E-state index contributed by atoms with van der Waals surface area (Å²) in [6.45, 7) is 3.80. The van der Waals surface area contributed by atoms with Crippen LogP contribution in [0.15, 0.2) is 18.5 Å². The minimum Gasteiger partial charge on any atom is -0.481 e. The molecule has 0 unspecified atom stereocenters. The Morgan fingerprint density at radius 3 is 2.67 bits per heavy atom. The van der Waals surface area contributed by atoms with Gasteiger partial charge in [0.05, 0.1) is 17.0 Å². The van der Waals surface area contributed by atoms with Gasteiger partial charge in [0.1, 0.15) is 0 Å². The second-order valence-electron chi connectivity index (χ2n) is 4.09. The Hall–Kier alpha value is -1.62. The molecule has 0 spiro atoms. The largest absolute Gasteiger partial charge is 0.481 e. The van der Waals surface area contributed by atoms with E-state index in [1.165, 1.54) is 23.4 Å². The molecule has 1 aromatic heterocycles. The zero-order valence-corrected chi connectivity index (χ0v) is 11.0. The van der Waals surface area contributed by atoms with Crippen LogP contribution in [0.25, 0.3) is 0 Å². The van der Waals surface area contributed by atoms with Crippen LogP contribution in [-0.4, -0.2) is 39.5 Å². The minimum absolute atomic E-state index is 0.0954. The zero-order valence-electron chi connectivity index (χ0n) is 10.3. The standard InChI is InChI=1S/C12H15ClN2O3/c1-8(2)15(6-4-11(16)17)12(18)9-7-14-5-3-10(9)13/h3,5,7-8H,4,6H2,1-2H3,(H,16,17). The molecule has 0 fully saturated rings. The van der Waals surface area contributed by atoms with Gasteiger partial charge in [-0.05, 0) is 19.9 Å². The maximum Gasteiger partial charge on any atom is 0.305 e. The molecular weight excluding hydrogens is 256 g/mol. The fourth-order valence-corrected chi connectivity index (χ4v) is 1.69. The average Bonchev–Trinajstić information content (AvgIpc) is 2.28. The molecule has 1 amide bonds. The van der Waals surface area contributed by atoms with Gasteiger partial charge in [-0.25, -0.2) is 0 Å². The highest BCUT2D eigenvalue weighted by atomic mass is 35.5. The van der Waals surface area contributed by atoms with Crippen molar-refractivity contribution in [1.82, 2.24) is 9.88 Å². The van der Waals surface area contributed by atoms with Crippen LogP contribution >= 0.6 is 11.6 Å². The van der Waals surface area contributed by atoms with Crippen LogP contribution in [0, 0.1) is 0 Å². The summed E-state index contributed by atoms with van der Waals surface area (Å²) in [5.74, 6) is -1.24. The van der Waals surface area contributed by atoms with E-state index in [9.17, 15) is 9.59 Å². The third-order valence-corrected chi connectivity index (χ3v) is 2.78. The molecule has 0 aliphatic carbocycles. The lowest BCUT2D eigenvalue weighted by Crippen LogP contribution is -2.38. The molecule has 1 rings (SSSR count). The van der Waals surface area contributed by atoms with E-state index < -0.39 is 5.97 Å². The van der Waals surface area contributed by atoms with Crippen molar-refractivity contribution in [1.29, 1.82) is 0 Å². The number of nitrogens with zero attached hydrogens (tertiary/aromatic N) is 2. The van der Waals surface area contributed by atoms with Gasteiger partial charge in [0, 0.05) is 25.0 Å². The van der Waals surface area contributed by atoms with Crippen molar-refractivity contribution in [2.75, 3.05) is 6.54 Å². The van der Waals surface area contributed by atoms with Crippen LogP contribution < -0.4 is 0 Å². The number of carboxylic acids is 1. The number of aromatic nitrogens is 1. The highest BCUT2D eigenvalue weighted by Crippen LogP contribution is 2.17. The van der Waals surface area contributed by atoms with Crippen molar-refractivity contribution in [3.8, 4) is 0 Å². The number of hydrogen-bond donors (Lipinski definition) is 1. The van der Waals surface area contributed by atoms with E-state index >= 15 is 0 Å². The molecule has 5 nitrogen and oxygen atoms in total. The van der Waals surface area contributed by atoms with E-state index in [1.54, 1.807) is 0 Å². The second-order valence-corrected chi connectivity index (χ2v) is 4.50. The summed E-state index contributed by atoms with van der Waals surface area (Å²) < 4.78 is 0. The fraction of sp³-hybridized carbons (Fsp3) is 0.417. The molecule has 0 aromatic carbocycles. The number of carbonyl (C=O) groups excluding carboxylic acids is 1. The number of carboxylic acid groups (broad SMARTS) is 1. The number of carbonyl (C=O) groups is 2. The lowest BCUT2D eigenvalue weighted by atomic mass is 10.2. The first-order chi connectivity index (χ1) is 8.43. The molecule has 18 heavy (non-hydrogen) atoms. The van der Waals surface area contributed by atoms with Crippen molar-refractivity contribution < 1.29 is 14.7 Å². The number of pyridine rings is 1. The average molecular weight is 271 g/mol. The normalized spacial score (nSPS) is 10.4. The van der Waals surface area contributed by atoms with Crippen LogP contribution in [0.4, 0.5) is 0 Å². The molecular formula is C12H15ClN2O3. The second kappa shape index (κ2) is 6.35. The summed E-state index contributed by atoms with van der Waals surface area (Å²) in [7, 11) is 0. The van der Waals surface area contributed by atoms with Gasteiger partial charge in [-0.15, -0.1) is 0 Å². The summed E-state index contributed by atoms with van der Waals surface area (Å²) in [5, 5.41) is 8.99. The van der Waals surface area contributed by atoms with Crippen molar-refractivity contribution in [2.24, 2.45) is 0 Å². The van der Waals surface area contributed by atoms with Gasteiger partial charge in [-0.3, -0.25) is 14.6 Å². The first-order valence-corrected chi connectivity index (χ1v) is 5.93. The van der Waals surface area contributed by atoms with Gasteiger partial charge in [-0.2, -0.15) is 0 Å². The number of rotatable bonds is 5. The van der Waals surface area contributed by atoms with Crippen molar-refractivity contribution in [3.63, 3.8) is 0 Å². The van der Waals surface area contributed by atoms with E-state index in [0.717, 1.165) is 0 Å². The molecule has 0 aliphatic heterocycles. The summed E-state index contributed by atoms with van der Waals surface area (Å²) in [6.07, 6.45) is 2.79. The molecule has 1 aromatic rings. The molecule has 98 valence electrons. The molecule has 6 heteroatoms. The molecule has 0 saturated carbocycles. The quantitative estimate of drug-likeness (QED) is 0.889. The van der Waals surface area contributed by atoms with Crippen molar-refractivity contribution in [3.05, 3.63) is 29.0 Å². The van der Waals surface area contributed by atoms with Gasteiger partial charge < -0.3 is 10.0 Å². The van der Waals surface area contributed by atoms with Gasteiger partial charge in [0.15, 0.2) is 0 Å². The van der Waals surface area contributed by atoms with E-state index in [2.05, 4.69) is 4.98 Å². The maximum atomic E-state index is 12.2. The van der Waals surface area contributed by atoms with Crippen molar-refractivity contribution >= 4 is 23.5 Å². The minimum atomic E-state index is -0.939. The third-order valence-electron chi connectivity index (χ3n) is 2.45. The molecule has 0 saturated heterocycles. The van der Waals surface area contributed by atoms with Crippen LogP contribution in [0.5, 0.6) is 0 Å². The van der Waals surface area contributed by atoms with E-state index in [1.807, 2.05) is 13.8 Å². The zero-order chi connectivity index (χ0) is 13.7. The topological polar surface area (TPSA) is 70.5 Å². The number of hydrogen-bond acceptors (Lipinski definition) is 3. The van der Waals surface area contributed by atoms with Gasteiger partial charge in [0.25, 0.3) is 5.91 Å². The number of aliphatic carboxylic acids is 1. The summed E-state index contributed by atoms with van der Waals surface area (Å²) in [6, 6.07) is 1.43. The van der Waals surface area contributed by atoms with Crippen LogP contribution in [-0.2, 0) is 4.79 Å². The Morgan fingerprint density at radius 2 is 2.17 bits per heavy atom. The van der Waals surface area contributed by atoms with Crippen LogP contribution in [0.2, 0.25) is 5.02 Å². The molecule has 0 bridgehead atoms. The Morgan fingerprint density at radius 1 is 1.50 bits per heavy atom. The monoisotopic (exact) mass is 270 g/mol. The van der Waals surface area contributed by atoms with Gasteiger partial charge >= 0.3 is 5.97 Å². The summed E-state index contributed by atoms with van der Waals surface area (Å²) >= 11 is 5.93. The summed E-state index contributed by atoms with van der Waals surface area (Å²) in [5.41, 5.74) is 0.290. The van der Waals surface area contributed by atoms with Gasteiger partial charge in [-0.1, -0.05) is 11.6 Å². The Balaban J connectivity index is 2.90.